The molecule has 0 radical (unpaired) electrons. The summed E-state index contributed by atoms with van der Waals surface area (Å²) in [6.07, 6.45) is 0. The number of rotatable bonds is 4. The summed E-state index contributed by atoms with van der Waals surface area (Å²) in [5.74, 6) is -0.404. The number of allylic oxidation sites excluding steroid dienone is 1. The lowest BCUT2D eigenvalue weighted by Gasteiger charge is -2.08. The molecular weight excluding hydrogens is 173 g/mol. The van der Waals surface area contributed by atoms with Gasteiger partial charge in [-0.25, -0.2) is 4.39 Å². The van der Waals surface area contributed by atoms with Crippen molar-refractivity contribution in [1.82, 2.24) is 0 Å². The number of aliphatic hydroxyl groups excluding tert-OH is 2. The van der Waals surface area contributed by atoms with Crippen LogP contribution in [0.25, 0.3) is 0 Å². The highest BCUT2D eigenvalue weighted by molar-refractivity contribution is 5.39. The Balaban J connectivity index is 5.20. The van der Waals surface area contributed by atoms with E-state index < -0.39 is 5.83 Å². The minimum atomic E-state index is -0.404. The van der Waals surface area contributed by atoms with Gasteiger partial charge in [-0.15, -0.1) is 0 Å². The lowest BCUT2D eigenvalue weighted by molar-refractivity contribution is 0.311. The van der Waals surface area contributed by atoms with E-state index in [0.29, 0.717) is 5.57 Å². The van der Waals surface area contributed by atoms with E-state index in [1.807, 2.05) is 0 Å². The van der Waals surface area contributed by atoms with Gasteiger partial charge in [0.15, 0.2) is 0 Å². The molecule has 0 atom stereocenters. The van der Waals surface area contributed by atoms with Crippen LogP contribution in [0.1, 0.15) is 13.8 Å². The van der Waals surface area contributed by atoms with Crippen LogP contribution in [0.15, 0.2) is 27.7 Å². The zero-order chi connectivity index (χ0) is 10.4. The van der Waals surface area contributed by atoms with Gasteiger partial charge in [-0.1, -0.05) is 0 Å². The summed E-state index contributed by atoms with van der Waals surface area (Å²) in [7, 11) is 0. The SMILES string of the molecule is C=N/C(CO)=C(CO)\C(C)=C(/C)F. The van der Waals surface area contributed by atoms with Crippen LogP contribution in [-0.4, -0.2) is 30.1 Å². The second-order valence-corrected chi connectivity index (χ2v) is 2.56. The number of aliphatic imine (C=N–C) groups is 1. The Bertz CT molecular complexity index is 252. The van der Waals surface area contributed by atoms with Gasteiger partial charge in [0.25, 0.3) is 0 Å². The van der Waals surface area contributed by atoms with Gasteiger partial charge in [-0.05, 0) is 26.1 Å². The van der Waals surface area contributed by atoms with Crippen molar-refractivity contribution in [2.75, 3.05) is 13.2 Å². The molecule has 0 aliphatic carbocycles. The quantitative estimate of drug-likeness (QED) is 0.513. The van der Waals surface area contributed by atoms with Gasteiger partial charge in [0.1, 0.15) is 5.83 Å². The smallest absolute Gasteiger partial charge is 0.100 e. The van der Waals surface area contributed by atoms with Gasteiger partial charge in [0.05, 0.1) is 18.9 Å². The molecular formula is C9H14FNO2. The Morgan fingerprint density at radius 1 is 1.31 bits per heavy atom. The van der Waals surface area contributed by atoms with Crippen molar-refractivity contribution >= 4 is 6.72 Å². The third-order valence-corrected chi connectivity index (χ3v) is 1.82. The third kappa shape index (κ3) is 3.08. The van der Waals surface area contributed by atoms with Gasteiger partial charge in [-0.3, -0.25) is 4.99 Å². The average molecular weight is 187 g/mol. The largest absolute Gasteiger partial charge is 0.392 e. The molecule has 4 heteroatoms. The number of aliphatic hydroxyl groups is 2. The fraction of sp³-hybridized carbons (Fsp3) is 0.444. The van der Waals surface area contributed by atoms with Crippen molar-refractivity contribution in [3.63, 3.8) is 0 Å². The zero-order valence-corrected chi connectivity index (χ0v) is 7.84. The van der Waals surface area contributed by atoms with E-state index in [-0.39, 0.29) is 24.5 Å². The minimum Gasteiger partial charge on any atom is -0.392 e. The zero-order valence-electron chi connectivity index (χ0n) is 7.84. The van der Waals surface area contributed by atoms with E-state index in [2.05, 4.69) is 11.7 Å². The maximum Gasteiger partial charge on any atom is 0.100 e. The van der Waals surface area contributed by atoms with E-state index >= 15 is 0 Å². The summed E-state index contributed by atoms with van der Waals surface area (Å²) in [4.78, 5) is 3.50. The molecule has 0 aromatic heterocycles. The van der Waals surface area contributed by atoms with Crippen molar-refractivity contribution < 1.29 is 14.6 Å². The first-order valence-electron chi connectivity index (χ1n) is 3.82. The van der Waals surface area contributed by atoms with E-state index in [1.54, 1.807) is 0 Å². The second kappa shape index (κ2) is 5.61. The average Bonchev–Trinajstić information content (AvgIpc) is 2.12. The van der Waals surface area contributed by atoms with Crippen molar-refractivity contribution in [2.24, 2.45) is 4.99 Å². The maximum absolute atomic E-state index is 12.8. The standard InChI is InChI=1S/C9H14FNO2/c1-6(7(2)10)8(4-12)9(5-13)11-3/h12-13H,3-5H2,1-2H3/b7-6+,9-8-. The van der Waals surface area contributed by atoms with Gasteiger partial charge < -0.3 is 10.2 Å². The van der Waals surface area contributed by atoms with Crippen LogP contribution < -0.4 is 0 Å². The van der Waals surface area contributed by atoms with Gasteiger partial charge in [0, 0.05) is 5.57 Å². The molecule has 2 N–H and O–H groups in total. The number of nitrogens with zero attached hydrogens (tertiary/aromatic N) is 1. The van der Waals surface area contributed by atoms with Crippen LogP contribution in [0.4, 0.5) is 4.39 Å². The lowest BCUT2D eigenvalue weighted by atomic mass is 10.1. The molecule has 0 saturated carbocycles. The highest BCUT2D eigenvalue weighted by Gasteiger charge is 2.08. The first-order chi connectivity index (χ1) is 6.08. The van der Waals surface area contributed by atoms with Crippen molar-refractivity contribution in [3.05, 3.63) is 22.7 Å². The minimum absolute atomic E-state index is 0.206. The first-order valence-corrected chi connectivity index (χ1v) is 3.82. The predicted molar refractivity (Wildman–Crippen MR) is 50.2 cm³/mol. The summed E-state index contributed by atoms with van der Waals surface area (Å²) >= 11 is 0. The number of hydrogen-bond acceptors (Lipinski definition) is 3. The van der Waals surface area contributed by atoms with Gasteiger partial charge in [-0.2, -0.15) is 0 Å². The van der Waals surface area contributed by atoms with Crippen LogP contribution in [-0.2, 0) is 0 Å². The molecule has 0 aliphatic heterocycles. The first kappa shape index (κ1) is 12.0. The molecule has 0 rings (SSSR count). The third-order valence-electron chi connectivity index (χ3n) is 1.82. The van der Waals surface area contributed by atoms with E-state index in [9.17, 15) is 4.39 Å². The van der Waals surface area contributed by atoms with Gasteiger partial charge >= 0.3 is 0 Å². The molecule has 0 fully saturated rings. The fourth-order valence-electron chi connectivity index (χ4n) is 0.875. The van der Waals surface area contributed by atoms with Crippen LogP contribution >= 0.6 is 0 Å². The Morgan fingerprint density at radius 2 is 1.85 bits per heavy atom. The van der Waals surface area contributed by atoms with Crippen molar-refractivity contribution in [3.8, 4) is 0 Å². The van der Waals surface area contributed by atoms with Crippen molar-refractivity contribution in [1.29, 1.82) is 0 Å². The Hall–Kier alpha value is -1.00. The van der Waals surface area contributed by atoms with E-state index in [0.717, 1.165) is 0 Å². The monoisotopic (exact) mass is 187 g/mol. The Labute approximate surface area is 76.9 Å². The Kier molecular flexibility index (Phi) is 5.18. The second-order valence-electron chi connectivity index (χ2n) is 2.56. The fourth-order valence-corrected chi connectivity index (χ4v) is 0.875. The summed E-state index contributed by atoms with van der Waals surface area (Å²) in [6, 6.07) is 0. The molecule has 3 nitrogen and oxygen atoms in total. The summed E-state index contributed by atoms with van der Waals surface area (Å²) in [6.45, 7) is 5.30. The molecule has 0 heterocycles. The summed E-state index contributed by atoms with van der Waals surface area (Å²) in [5, 5.41) is 17.7. The molecule has 0 spiro atoms. The predicted octanol–water partition coefficient (Wildman–Crippen LogP) is 1.19. The molecule has 13 heavy (non-hydrogen) atoms. The Morgan fingerprint density at radius 3 is 2.08 bits per heavy atom. The van der Waals surface area contributed by atoms with Gasteiger partial charge in [0.2, 0.25) is 0 Å². The molecule has 0 aromatic carbocycles. The molecule has 0 bridgehead atoms. The number of hydrogen-bond donors (Lipinski definition) is 2. The van der Waals surface area contributed by atoms with Crippen LogP contribution in [0.3, 0.4) is 0 Å². The van der Waals surface area contributed by atoms with Crippen LogP contribution in [0.2, 0.25) is 0 Å². The topological polar surface area (TPSA) is 52.8 Å². The summed E-state index contributed by atoms with van der Waals surface area (Å²) in [5.41, 5.74) is 0.786. The highest BCUT2D eigenvalue weighted by Crippen LogP contribution is 2.18. The lowest BCUT2D eigenvalue weighted by Crippen LogP contribution is -2.01. The van der Waals surface area contributed by atoms with Crippen LogP contribution in [0, 0.1) is 0 Å². The molecule has 0 aromatic rings. The highest BCUT2D eigenvalue weighted by atomic mass is 19.1. The molecule has 0 unspecified atom stereocenters. The van der Waals surface area contributed by atoms with Crippen molar-refractivity contribution in [2.45, 2.75) is 13.8 Å². The molecule has 0 saturated heterocycles. The number of halogens is 1. The molecule has 74 valence electrons. The maximum atomic E-state index is 12.8. The van der Waals surface area contributed by atoms with Crippen LogP contribution in [0.5, 0.6) is 0 Å². The van der Waals surface area contributed by atoms with E-state index in [4.69, 9.17) is 10.2 Å². The summed E-state index contributed by atoms with van der Waals surface area (Å²) < 4.78 is 12.8. The normalized spacial score (nSPS) is 14.8. The van der Waals surface area contributed by atoms with E-state index in [1.165, 1.54) is 13.8 Å². The molecule has 0 aliphatic rings. The molecule has 0 amide bonds.